The maximum atomic E-state index is 13.1. The van der Waals surface area contributed by atoms with Gasteiger partial charge in [-0.25, -0.2) is 0 Å². The van der Waals surface area contributed by atoms with Crippen LogP contribution in [-0.2, 0) is 18.9 Å². The van der Waals surface area contributed by atoms with Gasteiger partial charge in [0.05, 0.1) is 16.1 Å². The van der Waals surface area contributed by atoms with Crippen LogP contribution in [0.1, 0.15) is 39.9 Å². The number of anilines is 1. The lowest BCUT2D eigenvalue weighted by Gasteiger charge is -2.32. The Morgan fingerprint density at radius 3 is 2.15 bits per heavy atom. The van der Waals surface area contributed by atoms with Gasteiger partial charge in [-0.2, -0.15) is 26.3 Å². The predicted molar refractivity (Wildman–Crippen MR) is 113 cm³/mol. The predicted octanol–water partition coefficient (Wildman–Crippen LogP) is 4.29. The van der Waals surface area contributed by atoms with Crippen LogP contribution in [0, 0.1) is 5.92 Å². The Balaban J connectivity index is 1.58. The van der Waals surface area contributed by atoms with E-state index in [1.54, 1.807) is 4.90 Å². The molecule has 0 spiro atoms. The second kappa shape index (κ2) is 9.87. The first kappa shape index (κ1) is 25.9. The number of alkyl halides is 6. The molecule has 4 N–H and O–H groups in total. The molecule has 0 saturated carbocycles. The number of rotatable bonds is 5. The molecule has 1 aliphatic heterocycles. The van der Waals surface area contributed by atoms with E-state index >= 15 is 0 Å². The molecule has 1 amide bonds. The van der Waals surface area contributed by atoms with Crippen molar-refractivity contribution in [3.8, 4) is 0 Å². The van der Waals surface area contributed by atoms with E-state index < -0.39 is 34.9 Å². The molecule has 3 rings (SSSR count). The Hall–Kier alpha value is -2.73. The van der Waals surface area contributed by atoms with Crippen molar-refractivity contribution in [2.24, 2.45) is 5.92 Å². The standard InChI is InChI=1S/C21H21ClF6N4O2/c22-16-8-15(19(34)31-17(16)29)18(33)30-9-11-1-3-32(4-2-11)10-12-5-13(20(23,24)25)7-14(6-12)21(26,27)28/h5-8,11H,1-4,9-10H2,(H,30,33)(H3,29,31,34). The number of likely N-dealkylation sites (tertiary alicyclic amines) is 1. The first-order chi connectivity index (χ1) is 15.7. The first-order valence-electron chi connectivity index (χ1n) is 10.2. The van der Waals surface area contributed by atoms with Crippen molar-refractivity contribution in [3.05, 3.63) is 61.9 Å². The van der Waals surface area contributed by atoms with E-state index in [9.17, 15) is 35.9 Å². The Bertz CT molecular complexity index is 1080. The van der Waals surface area contributed by atoms with Gasteiger partial charge in [-0.1, -0.05) is 11.6 Å². The molecule has 0 unspecified atom stereocenters. The number of carbonyl (C=O) groups is 1. The normalized spacial score (nSPS) is 16.0. The third-order valence-corrected chi connectivity index (χ3v) is 5.89. The van der Waals surface area contributed by atoms with E-state index in [-0.39, 0.29) is 47.0 Å². The van der Waals surface area contributed by atoms with Crippen LogP contribution in [0.3, 0.4) is 0 Å². The zero-order valence-electron chi connectivity index (χ0n) is 17.6. The smallest absolute Gasteiger partial charge is 0.384 e. The Morgan fingerprint density at radius 2 is 1.62 bits per heavy atom. The molecule has 0 aliphatic carbocycles. The van der Waals surface area contributed by atoms with Gasteiger partial charge in [0, 0.05) is 13.1 Å². The fourth-order valence-corrected chi connectivity index (χ4v) is 3.89. The van der Waals surface area contributed by atoms with Crippen LogP contribution in [0.2, 0.25) is 5.02 Å². The van der Waals surface area contributed by atoms with E-state index in [0.717, 1.165) is 18.2 Å². The number of nitrogens with zero attached hydrogens (tertiary/aromatic N) is 1. The number of hydrogen-bond donors (Lipinski definition) is 3. The number of pyridine rings is 1. The molecule has 6 nitrogen and oxygen atoms in total. The molecule has 1 saturated heterocycles. The molecule has 1 fully saturated rings. The van der Waals surface area contributed by atoms with Gasteiger partial charge in [0.2, 0.25) is 0 Å². The molecule has 1 aliphatic rings. The van der Waals surface area contributed by atoms with Crippen molar-refractivity contribution in [1.29, 1.82) is 0 Å². The van der Waals surface area contributed by atoms with Crippen molar-refractivity contribution in [3.63, 3.8) is 0 Å². The van der Waals surface area contributed by atoms with Crippen LogP contribution in [0.4, 0.5) is 32.2 Å². The summed E-state index contributed by atoms with van der Waals surface area (Å²) in [6.07, 6.45) is -8.66. The Morgan fingerprint density at radius 1 is 1.06 bits per heavy atom. The number of nitrogens with one attached hydrogen (secondary N) is 2. The fraction of sp³-hybridized carbons (Fsp3) is 0.429. The monoisotopic (exact) mass is 510 g/mol. The summed E-state index contributed by atoms with van der Waals surface area (Å²) in [6.45, 7) is 1.03. The van der Waals surface area contributed by atoms with E-state index in [4.69, 9.17) is 17.3 Å². The number of nitrogens with two attached hydrogens (primary N) is 1. The van der Waals surface area contributed by atoms with Gasteiger partial charge in [0.25, 0.3) is 11.5 Å². The van der Waals surface area contributed by atoms with Gasteiger partial charge in [-0.3, -0.25) is 14.5 Å². The molecule has 34 heavy (non-hydrogen) atoms. The lowest BCUT2D eigenvalue weighted by atomic mass is 9.96. The lowest BCUT2D eigenvalue weighted by Crippen LogP contribution is -2.39. The first-order valence-corrected chi connectivity index (χ1v) is 10.6. The van der Waals surface area contributed by atoms with Crippen LogP contribution in [0.15, 0.2) is 29.1 Å². The second-order valence-corrected chi connectivity index (χ2v) is 8.52. The number of halogens is 7. The third-order valence-electron chi connectivity index (χ3n) is 5.58. The topological polar surface area (TPSA) is 91.2 Å². The van der Waals surface area contributed by atoms with Gasteiger partial charge >= 0.3 is 12.4 Å². The van der Waals surface area contributed by atoms with Crippen molar-refractivity contribution in [2.75, 3.05) is 25.4 Å². The number of aromatic nitrogens is 1. The summed E-state index contributed by atoms with van der Waals surface area (Å²) in [5, 5.41) is 2.67. The van der Waals surface area contributed by atoms with Gasteiger partial charge < -0.3 is 16.0 Å². The molecule has 0 bridgehead atoms. The number of amides is 1. The minimum Gasteiger partial charge on any atom is -0.384 e. The molecule has 1 aromatic heterocycles. The van der Waals surface area contributed by atoms with E-state index in [1.807, 2.05) is 0 Å². The molecule has 0 radical (unpaired) electrons. The third kappa shape index (κ3) is 6.44. The van der Waals surface area contributed by atoms with Gasteiger partial charge in [0.1, 0.15) is 11.4 Å². The van der Waals surface area contributed by atoms with Crippen LogP contribution in [-0.4, -0.2) is 35.4 Å². The summed E-state index contributed by atoms with van der Waals surface area (Å²) in [6, 6.07) is 2.74. The highest BCUT2D eigenvalue weighted by Crippen LogP contribution is 2.36. The average Bonchev–Trinajstić information content (AvgIpc) is 2.74. The Kier molecular flexibility index (Phi) is 7.51. The van der Waals surface area contributed by atoms with Crippen molar-refractivity contribution >= 4 is 23.3 Å². The highest BCUT2D eigenvalue weighted by Gasteiger charge is 2.37. The zero-order chi connectivity index (χ0) is 25.3. The van der Waals surface area contributed by atoms with E-state index in [1.165, 1.54) is 0 Å². The maximum absolute atomic E-state index is 13.1. The molecule has 2 aromatic rings. The fourth-order valence-electron chi connectivity index (χ4n) is 3.74. The number of H-pyrrole nitrogens is 1. The number of aromatic amines is 1. The minimum absolute atomic E-state index is 0.0239. The summed E-state index contributed by atoms with van der Waals surface area (Å²) in [5.74, 6) is -0.663. The van der Waals surface area contributed by atoms with Crippen molar-refractivity contribution in [2.45, 2.75) is 31.7 Å². The molecule has 0 atom stereocenters. The number of piperidine rings is 1. The van der Waals surface area contributed by atoms with E-state index in [0.29, 0.717) is 25.9 Å². The van der Waals surface area contributed by atoms with Crippen LogP contribution in [0.25, 0.3) is 0 Å². The number of nitrogen functional groups attached to an aromatic ring is 1. The van der Waals surface area contributed by atoms with Crippen LogP contribution in [0.5, 0.6) is 0 Å². The summed E-state index contributed by atoms with van der Waals surface area (Å²) in [5.41, 5.74) is 1.84. The second-order valence-electron chi connectivity index (χ2n) is 8.12. The summed E-state index contributed by atoms with van der Waals surface area (Å²) < 4.78 is 78.3. The number of hydrogen-bond acceptors (Lipinski definition) is 4. The zero-order valence-corrected chi connectivity index (χ0v) is 18.4. The van der Waals surface area contributed by atoms with Gasteiger partial charge in [-0.15, -0.1) is 0 Å². The van der Waals surface area contributed by atoms with Crippen LogP contribution >= 0.6 is 11.6 Å². The maximum Gasteiger partial charge on any atom is 0.416 e. The Labute approximate surface area is 195 Å². The van der Waals surface area contributed by atoms with E-state index in [2.05, 4.69) is 10.3 Å². The molecular weight excluding hydrogens is 490 g/mol. The highest BCUT2D eigenvalue weighted by atomic mass is 35.5. The van der Waals surface area contributed by atoms with Crippen LogP contribution < -0.4 is 16.6 Å². The number of carbonyl (C=O) groups excluding carboxylic acids is 1. The minimum atomic E-state index is -4.89. The quantitative estimate of drug-likeness (QED) is 0.523. The van der Waals surface area contributed by atoms with Crippen molar-refractivity contribution < 1.29 is 31.1 Å². The van der Waals surface area contributed by atoms with Gasteiger partial charge in [0.15, 0.2) is 0 Å². The summed E-state index contributed by atoms with van der Waals surface area (Å²) in [7, 11) is 0. The molecule has 1 aromatic carbocycles. The summed E-state index contributed by atoms with van der Waals surface area (Å²) >= 11 is 5.83. The molecule has 2 heterocycles. The van der Waals surface area contributed by atoms with Gasteiger partial charge in [-0.05, 0) is 61.7 Å². The number of benzene rings is 1. The SMILES string of the molecule is Nc1[nH]c(=O)c(C(=O)NCC2CCN(Cc3cc(C(F)(F)F)cc(C(F)(F)F)c3)CC2)cc1Cl. The lowest BCUT2D eigenvalue weighted by molar-refractivity contribution is -0.143. The largest absolute Gasteiger partial charge is 0.416 e. The molecule has 186 valence electrons. The average molecular weight is 511 g/mol. The molecule has 13 heteroatoms. The highest BCUT2D eigenvalue weighted by molar-refractivity contribution is 6.33. The summed E-state index contributed by atoms with van der Waals surface area (Å²) in [4.78, 5) is 28.2. The molecular formula is C21H21ClF6N4O2. The van der Waals surface area contributed by atoms with Crippen molar-refractivity contribution in [1.82, 2.24) is 15.2 Å².